The van der Waals surface area contributed by atoms with Crippen LogP contribution in [0.1, 0.15) is 20.3 Å². The number of aliphatic imine (C=N–C) groups is 1. The lowest BCUT2D eigenvalue weighted by Crippen LogP contribution is -2.42. The summed E-state index contributed by atoms with van der Waals surface area (Å²) in [5, 5.41) is 19.7. The second-order valence-corrected chi connectivity index (χ2v) is 4.79. The molecule has 0 aliphatic rings. The van der Waals surface area contributed by atoms with E-state index in [0.29, 0.717) is 0 Å². The molecule has 0 fully saturated rings. The summed E-state index contributed by atoms with van der Waals surface area (Å²) in [6.45, 7) is 2.81. The van der Waals surface area contributed by atoms with Crippen molar-refractivity contribution in [2.24, 2.45) is 10.7 Å². The Morgan fingerprint density at radius 2 is 1.95 bits per heavy atom. The Labute approximate surface area is 120 Å². The van der Waals surface area contributed by atoms with Gasteiger partial charge in [-0.15, -0.1) is 0 Å². The van der Waals surface area contributed by atoms with Crippen LogP contribution < -0.4 is 15.8 Å². The normalized spacial score (nSPS) is 14.2. The first-order chi connectivity index (χ1) is 9.22. The van der Waals surface area contributed by atoms with Crippen LogP contribution in [0.25, 0.3) is 0 Å². The topological polar surface area (TPSA) is 154 Å². The lowest BCUT2D eigenvalue weighted by molar-refractivity contribution is -0.140. The summed E-state index contributed by atoms with van der Waals surface area (Å²) < 4.78 is 2.58. The molecule has 6 N–H and O–H groups in total. The predicted molar refractivity (Wildman–Crippen MR) is 74.2 cm³/mol. The van der Waals surface area contributed by atoms with Gasteiger partial charge >= 0.3 is 11.9 Å². The van der Waals surface area contributed by atoms with Crippen LogP contribution >= 0.6 is 11.9 Å². The zero-order valence-electron chi connectivity index (χ0n) is 11.1. The van der Waals surface area contributed by atoms with Gasteiger partial charge in [0.2, 0.25) is 5.91 Å². The maximum Gasteiger partial charge on any atom is 0.327 e. The van der Waals surface area contributed by atoms with Crippen molar-refractivity contribution in [1.29, 1.82) is 0 Å². The number of nitrogens with one attached hydrogen (secondary N) is 2. The van der Waals surface area contributed by atoms with Crippen LogP contribution in [0.5, 0.6) is 0 Å². The molecule has 9 nitrogen and oxygen atoms in total. The summed E-state index contributed by atoms with van der Waals surface area (Å²) in [6.07, 6.45) is -0.156. The van der Waals surface area contributed by atoms with Crippen LogP contribution in [-0.4, -0.2) is 51.9 Å². The van der Waals surface area contributed by atoms with Crippen LogP contribution in [0.4, 0.5) is 0 Å². The van der Waals surface area contributed by atoms with Crippen LogP contribution in [0.15, 0.2) is 4.99 Å². The highest BCUT2D eigenvalue weighted by atomic mass is 32.2. The fourth-order valence-corrected chi connectivity index (χ4v) is 1.86. The number of amides is 1. The summed E-state index contributed by atoms with van der Waals surface area (Å²) in [6, 6.07) is -1.54. The first kappa shape index (κ1) is 18.0. The van der Waals surface area contributed by atoms with Gasteiger partial charge in [-0.25, -0.2) is 9.79 Å². The van der Waals surface area contributed by atoms with Gasteiger partial charge in [-0.2, -0.15) is 0 Å². The number of nitrogens with two attached hydrogens (primary N) is 1. The maximum atomic E-state index is 10.8. The molecule has 0 saturated carbocycles. The minimum Gasteiger partial charge on any atom is -0.481 e. The van der Waals surface area contributed by atoms with Crippen molar-refractivity contribution in [3.8, 4) is 0 Å². The summed E-state index contributed by atoms with van der Waals surface area (Å²) in [5.74, 6) is -2.56. The quantitative estimate of drug-likeness (QED) is 0.217. The highest BCUT2D eigenvalue weighted by molar-refractivity contribution is 7.98. The van der Waals surface area contributed by atoms with Gasteiger partial charge in [-0.3, -0.25) is 9.59 Å². The molecule has 0 spiro atoms. The molecule has 0 aliphatic heterocycles. The van der Waals surface area contributed by atoms with Gasteiger partial charge in [-0.05, 0) is 18.9 Å². The van der Waals surface area contributed by atoms with E-state index in [1.165, 1.54) is 6.92 Å². The van der Waals surface area contributed by atoms with Crippen molar-refractivity contribution in [2.45, 2.75) is 32.4 Å². The SMILES string of the molecule is CC(=O)NC(CSNC(N)=NC(C)CC(=O)O)C(=O)O. The number of carboxylic acids is 2. The Bertz CT molecular complexity index is 401. The second-order valence-electron chi connectivity index (χ2n) is 3.97. The molecule has 0 aromatic carbocycles. The highest BCUT2D eigenvalue weighted by Crippen LogP contribution is 2.00. The summed E-state index contributed by atoms with van der Waals surface area (Å²) >= 11 is 0.952. The first-order valence-corrected chi connectivity index (χ1v) is 6.63. The monoisotopic (exact) mass is 306 g/mol. The number of hydrogen-bond donors (Lipinski definition) is 5. The summed E-state index contributed by atoms with van der Waals surface area (Å²) in [5.41, 5.74) is 5.50. The van der Waals surface area contributed by atoms with E-state index < -0.39 is 29.9 Å². The Hall–Kier alpha value is -1.97. The number of carboxylic acid groups (broad SMARTS) is 2. The molecule has 0 aromatic rings. The fraction of sp³-hybridized carbons (Fsp3) is 0.600. The molecule has 10 heteroatoms. The van der Waals surface area contributed by atoms with E-state index in [-0.39, 0.29) is 18.1 Å². The Morgan fingerprint density at radius 1 is 1.35 bits per heavy atom. The molecule has 0 bridgehead atoms. The van der Waals surface area contributed by atoms with E-state index in [9.17, 15) is 14.4 Å². The van der Waals surface area contributed by atoms with Crippen LogP contribution in [0.2, 0.25) is 0 Å². The summed E-state index contributed by atoms with van der Waals surface area (Å²) in [7, 11) is 0. The van der Waals surface area contributed by atoms with Gasteiger partial charge in [0.15, 0.2) is 5.96 Å². The predicted octanol–water partition coefficient (Wildman–Crippen LogP) is -1.01. The molecule has 20 heavy (non-hydrogen) atoms. The number of aliphatic carboxylic acids is 2. The minimum absolute atomic E-state index is 0.00397. The molecule has 0 saturated heterocycles. The standard InChI is InChI=1S/C10H18N4O5S/c1-5(3-8(16)17)12-10(11)14-20-4-7(9(18)19)13-6(2)15/h5,7H,3-4H2,1-2H3,(H,13,15)(H,16,17)(H,18,19)(H3,11,12,14). The van der Waals surface area contributed by atoms with Gasteiger partial charge in [0.05, 0.1) is 12.5 Å². The van der Waals surface area contributed by atoms with Crippen molar-refractivity contribution in [3.63, 3.8) is 0 Å². The van der Waals surface area contributed by atoms with Gasteiger partial charge < -0.3 is 26.0 Å². The molecule has 0 radical (unpaired) electrons. The van der Waals surface area contributed by atoms with Crippen molar-refractivity contribution in [2.75, 3.05) is 5.75 Å². The molecule has 0 heterocycles. The fourth-order valence-electron chi connectivity index (χ4n) is 1.18. The Morgan fingerprint density at radius 3 is 2.40 bits per heavy atom. The Kier molecular flexibility index (Phi) is 8.13. The van der Waals surface area contributed by atoms with E-state index >= 15 is 0 Å². The molecule has 2 unspecified atom stereocenters. The minimum atomic E-state index is -1.16. The zero-order valence-corrected chi connectivity index (χ0v) is 11.9. The van der Waals surface area contributed by atoms with E-state index in [1.54, 1.807) is 6.92 Å². The lowest BCUT2D eigenvalue weighted by atomic mass is 10.2. The van der Waals surface area contributed by atoms with Crippen molar-refractivity contribution < 1.29 is 24.6 Å². The molecule has 114 valence electrons. The number of guanidine groups is 1. The smallest absolute Gasteiger partial charge is 0.327 e. The van der Waals surface area contributed by atoms with E-state index in [2.05, 4.69) is 15.0 Å². The van der Waals surface area contributed by atoms with Gasteiger partial charge in [0.1, 0.15) is 6.04 Å². The van der Waals surface area contributed by atoms with E-state index in [4.69, 9.17) is 15.9 Å². The third kappa shape index (κ3) is 9.03. The second kappa shape index (κ2) is 9.02. The number of carbonyl (C=O) groups is 3. The third-order valence-corrected chi connectivity index (χ3v) is 2.79. The number of hydrogen-bond acceptors (Lipinski definition) is 5. The first-order valence-electron chi connectivity index (χ1n) is 5.65. The lowest BCUT2D eigenvalue weighted by Gasteiger charge is -2.13. The van der Waals surface area contributed by atoms with Gasteiger partial charge in [-0.1, -0.05) is 0 Å². The summed E-state index contributed by atoms with van der Waals surface area (Å²) in [4.78, 5) is 35.9. The molecule has 2 atom stereocenters. The molecular formula is C10H18N4O5S. The molecular weight excluding hydrogens is 288 g/mol. The number of nitrogens with zero attached hydrogens (tertiary/aromatic N) is 1. The largest absolute Gasteiger partial charge is 0.481 e. The van der Waals surface area contributed by atoms with Crippen molar-refractivity contribution >= 4 is 35.8 Å². The van der Waals surface area contributed by atoms with Crippen LogP contribution in [0, 0.1) is 0 Å². The van der Waals surface area contributed by atoms with Crippen LogP contribution in [-0.2, 0) is 14.4 Å². The molecule has 0 aliphatic carbocycles. The van der Waals surface area contributed by atoms with Crippen molar-refractivity contribution in [1.82, 2.24) is 10.0 Å². The van der Waals surface area contributed by atoms with Crippen molar-refractivity contribution in [3.05, 3.63) is 0 Å². The average Bonchev–Trinajstić information content (AvgIpc) is 2.25. The molecule has 0 aromatic heterocycles. The van der Waals surface area contributed by atoms with Crippen LogP contribution in [0.3, 0.4) is 0 Å². The maximum absolute atomic E-state index is 10.8. The van der Waals surface area contributed by atoms with E-state index in [1.807, 2.05) is 0 Å². The highest BCUT2D eigenvalue weighted by Gasteiger charge is 2.18. The molecule has 1 amide bonds. The third-order valence-electron chi connectivity index (χ3n) is 1.93. The average molecular weight is 306 g/mol. The number of carbonyl (C=O) groups excluding carboxylic acids is 1. The van der Waals surface area contributed by atoms with Gasteiger partial charge in [0, 0.05) is 12.7 Å². The van der Waals surface area contributed by atoms with Gasteiger partial charge in [0.25, 0.3) is 0 Å². The Balaban J connectivity index is 4.19. The molecule has 0 rings (SSSR count). The zero-order chi connectivity index (χ0) is 15.7. The van der Waals surface area contributed by atoms with E-state index in [0.717, 1.165) is 11.9 Å². The number of rotatable bonds is 8.